The van der Waals surface area contributed by atoms with Crippen molar-refractivity contribution in [2.45, 2.75) is 11.4 Å². The lowest BCUT2D eigenvalue weighted by molar-refractivity contribution is 0.414. The van der Waals surface area contributed by atoms with Gasteiger partial charge in [-0.25, -0.2) is 8.42 Å². The van der Waals surface area contributed by atoms with E-state index >= 15 is 0 Å². The summed E-state index contributed by atoms with van der Waals surface area (Å²) in [6, 6.07) is 22.5. The number of anilines is 1. The molecule has 26 heavy (non-hydrogen) atoms. The average Bonchev–Trinajstić information content (AvgIpc) is 2.68. The smallest absolute Gasteiger partial charge is 0.264 e. The molecular formula is C20H18ClNO3S. The number of halogens is 1. The Morgan fingerprint density at radius 2 is 1.62 bits per heavy atom. The molecule has 0 saturated heterocycles. The van der Waals surface area contributed by atoms with Crippen LogP contribution in [0, 0.1) is 0 Å². The molecule has 0 bridgehead atoms. The Hall–Kier alpha value is -2.50. The van der Waals surface area contributed by atoms with Gasteiger partial charge in [0, 0.05) is 5.02 Å². The fourth-order valence-corrected chi connectivity index (χ4v) is 4.18. The van der Waals surface area contributed by atoms with Crippen molar-refractivity contribution in [1.82, 2.24) is 0 Å². The molecule has 0 amide bonds. The molecule has 3 aromatic carbocycles. The number of hydrogen-bond acceptors (Lipinski definition) is 3. The van der Waals surface area contributed by atoms with Crippen molar-refractivity contribution in [1.29, 1.82) is 0 Å². The second kappa shape index (κ2) is 7.81. The summed E-state index contributed by atoms with van der Waals surface area (Å²) in [5.74, 6) is 0.677. The van der Waals surface area contributed by atoms with E-state index in [0.717, 1.165) is 5.56 Å². The van der Waals surface area contributed by atoms with Gasteiger partial charge in [0.1, 0.15) is 5.75 Å². The molecule has 0 fully saturated rings. The zero-order valence-corrected chi connectivity index (χ0v) is 15.7. The van der Waals surface area contributed by atoms with Crippen LogP contribution in [0.15, 0.2) is 83.8 Å². The van der Waals surface area contributed by atoms with Gasteiger partial charge in [0.05, 0.1) is 24.2 Å². The maximum atomic E-state index is 13.2. The molecule has 3 aromatic rings. The summed E-state index contributed by atoms with van der Waals surface area (Å²) in [5.41, 5.74) is 1.36. The molecule has 134 valence electrons. The highest BCUT2D eigenvalue weighted by Crippen LogP contribution is 2.28. The van der Waals surface area contributed by atoms with Gasteiger partial charge < -0.3 is 4.74 Å². The zero-order valence-electron chi connectivity index (χ0n) is 14.2. The first kappa shape index (κ1) is 18.3. The highest BCUT2D eigenvalue weighted by molar-refractivity contribution is 7.92. The van der Waals surface area contributed by atoms with E-state index in [1.165, 1.54) is 4.31 Å². The van der Waals surface area contributed by atoms with Crippen LogP contribution in [0.1, 0.15) is 5.56 Å². The van der Waals surface area contributed by atoms with E-state index in [0.29, 0.717) is 16.5 Å². The first-order valence-corrected chi connectivity index (χ1v) is 9.79. The van der Waals surface area contributed by atoms with Crippen LogP contribution in [0.2, 0.25) is 5.02 Å². The van der Waals surface area contributed by atoms with Crippen LogP contribution in [0.5, 0.6) is 5.75 Å². The van der Waals surface area contributed by atoms with Crippen LogP contribution in [0.4, 0.5) is 5.69 Å². The number of nitrogens with zero attached hydrogens (tertiary/aromatic N) is 1. The molecule has 0 aliphatic rings. The molecule has 0 unspecified atom stereocenters. The molecule has 0 heterocycles. The second-order valence-electron chi connectivity index (χ2n) is 5.65. The van der Waals surface area contributed by atoms with Crippen LogP contribution >= 0.6 is 11.6 Å². The Bertz CT molecular complexity index is 973. The second-order valence-corrected chi connectivity index (χ2v) is 7.95. The van der Waals surface area contributed by atoms with Crippen LogP contribution in [0.25, 0.3) is 0 Å². The van der Waals surface area contributed by atoms with Crippen molar-refractivity contribution >= 4 is 27.3 Å². The van der Waals surface area contributed by atoms with Crippen LogP contribution in [-0.2, 0) is 16.6 Å². The Labute approximate surface area is 158 Å². The minimum Gasteiger partial charge on any atom is -0.497 e. The molecule has 0 saturated carbocycles. The standard InChI is InChI=1S/C20H18ClNO3S/c1-25-19-7-5-6-16(14-19)15-22(18-12-10-17(21)11-13-18)26(23,24)20-8-3-2-4-9-20/h2-14H,15H2,1H3. The van der Waals surface area contributed by atoms with E-state index in [1.54, 1.807) is 61.7 Å². The van der Waals surface area contributed by atoms with Crippen molar-refractivity contribution in [2.24, 2.45) is 0 Å². The van der Waals surface area contributed by atoms with Gasteiger partial charge in [-0.2, -0.15) is 0 Å². The minimum absolute atomic E-state index is 0.177. The molecule has 4 nitrogen and oxygen atoms in total. The lowest BCUT2D eigenvalue weighted by Crippen LogP contribution is -2.30. The van der Waals surface area contributed by atoms with Gasteiger partial charge in [-0.3, -0.25) is 4.31 Å². The number of methoxy groups -OCH3 is 1. The van der Waals surface area contributed by atoms with E-state index < -0.39 is 10.0 Å². The summed E-state index contributed by atoms with van der Waals surface area (Å²) < 4.78 is 33.1. The number of hydrogen-bond donors (Lipinski definition) is 0. The number of rotatable bonds is 6. The van der Waals surface area contributed by atoms with E-state index in [-0.39, 0.29) is 11.4 Å². The zero-order chi connectivity index (χ0) is 18.6. The van der Waals surface area contributed by atoms with Crippen molar-refractivity contribution < 1.29 is 13.2 Å². The average molecular weight is 388 g/mol. The predicted molar refractivity (Wildman–Crippen MR) is 104 cm³/mol. The van der Waals surface area contributed by atoms with E-state index in [4.69, 9.17) is 16.3 Å². The monoisotopic (exact) mass is 387 g/mol. The molecule has 0 N–H and O–H groups in total. The molecule has 0 atom stereocenters. The minimum atomic E-state index is -3.74. The van der Waals surface area contributed by atoms with E-state index in [2.05, 4.69) is 0 Å². The topological polar surface area (TPSA) is 46.6 Å². The van der Waals surface area contributed by atoms with Crippen molar-refractivity contribution in [3.8, 4) is 5.75 Å². The van der Waals surface area contributed by atoms with Crippen LogP contribution < -0.4 is 9.04 Å². The van der Waals surface area contributed by atoms with Crippen LogP contribution in [0.3, 0.4) is 0 Å². The lowest BCUT2D eigenvalue weighted by atomic mass is 10.2. The van der Waals surface area contributed by atoms with Crippen molar-refractivity contribution in [3.63, 3.8) is 0 Å². The Morgan fingerprint density at radius 1 is 0.923 bits per heavy atom. The summed E-state index contributed by atoms with van der Waals surface area (Å²) in [6.45, 7) is 0.177. The van der Waals surface area contributed by atoms with Gasteiger partial charge in [-0.1, -0.05) is 41.9 Å². The summed E-state index contributed by atoms with van der Waals surface area (Å²) in [6.07, 6.45) is 0. The van der Waals surface area contributed by atoms with Crippen molar-refractivity contribution in [3.05, 3.63) is 89.4 Å². The Kier molecular flexibility index (Phi) is 5.49. The third-order valence-corrected chi connectivity index (χ3v) is 5.95. The fraction of sp³-hybridized carbons (Fsp3) is 0.100. The fourth-order valence-electron chi connectivity index (χ4n) is 2.58. The van der Waals surface area contributed by atoms with Gasteiger partial charge in [0.15, 0.2) is 0 Å². The SMILES string of the molecule is COc1cccc(CN(c2ccc(Cl)cc2)S(=O)(=O)c2ccccc2)c1. The largest absolute Gasteiger partial charge is 0.497 e. The predicted octanol–water partition coefficient (Wildman–Crippen LogP) is 4.74. The van der Waals surface area contributed by atoms with Gasteiger partial charge in [0.25, 0.3) is 10.0 Å². The van der Waals surface area contributed by atoms with Crippen LogP contribution in [-0.4, -0.2) is 15.5 Å². The summed E-state index contributed by atoms with van der Waals surface area (Å²) in [5, 5.41) is 0.548. The first-order chi connectivity index (χ1) is 12.5. The maximum Gasteiger partial charge on any atom is 0.264 e. The van der Waals surface area contributed by atoms with E-state index in [1.807, 2.05) is 24.3 Å². The highest BCUT2D eigenvalue weighted by atomic mass is 35.5. The first-order valence-electron chi connectivity index (χ1n) is 7.97. The number of sulfonamides is 1. The molecule has 0 spiro atoms. The number of ether oxygens (including phenoxy) is 1. The third-order valence-electron chi connectivity index (χ3n) is 3.91. The molecule has 0 aliphatic heterocycles. The van der Waals surface area contributed by atoms with Gasteiger partial charge in [-0.05, 0) is 54.1 Å². The molecule has 0 aliphatic carbocycles. The van der Waals surface area contributed by atoms with Gasteiger partial charge in [0.2, 0.25) is 0 Å². The normalized spacial score (nSPS) is 11.2. The quantitative estimate of drug-likeness (QED) is 0.613. The maximum absolute atomic E-state index is 13.2. The Balaban J connectivity index is 2.06. The molecular weight excluding hydrogens is 370 g/mol. The number of benzene rings is 3. The molecule has 0 radical (unpaired) electrons. The highest BCUT2D eigenvalue weighted by Gasteiger charge is 2.25. The summed E-state index contributed by atoms with van der Waals surface area (Å²) in [4.78, 5) is 0.234. The molecule has 6 heteroatoms. The summed E-state index contributed by atoms with van der Waals surface area (Å²) >= 11 is 5.96. The van der Waals surface area contributed by atoms with Gasteiger partial charge in [-0.15, -0.1) is 0 Å². The lowest BCUT2D eigenvalue weighted by Gasteiger charge is -2.25. The molecule has 0 aromatic heterocycles. The van der Waals surface area contributed by atoms with E-state index in [9.17, 15) is 8.42 Å². The Morgan fingerprint density at radius 3 is 2.27 bits per heavy atom. The van der Waals surface area contributed by atoms with Crippen molar-refractivity contribution in [2.75, 3.05) is 11.4 Å². The summed E-state index contributed by atoms with van der Waals surface area (Å²) in [7, 11) is -2.16. The third kappa shape index (κ3) is 4.00. The van der Waals surface area contributed by atoms with Gasteiger partial charge >= 0.3 is 0 Å². The molecule has 3 rings (SSSR count).